The second-order valence-electron chi connectivity index (χ2n) is 5.69. The van der Waals surface area contributed by atoms with Crippen molar-refractivity contribution in [3.05, 3.63) is 34.7 Å². The third kappa shape index (κ3) is 4.01. The van der Waals surface area contributed by atoms with Gasteiger partial charge < -0.3 is 4.74 Å². The highest BCUT2D eigenvalue weighted by Gasteiger charge is 2.38. The topological polar surface area (TPSA) is 46.6 Å². The van der Waals surface area contributed by atoms with Gasteiger partial charge in [-0.05, 0) is 29.9 Å². The largest absolute Gasteiger partial charge is 0.497 e. The van der Waals surface area contributed by atoms with Crippen LogP contribution in [0.25, 0.3) is 5.57 Å². The number of carbonyl (C=O) groups is 2. The zero-order chi connectivity index (χ0) is 17.5. The SMILES string of the molecule is CCCCCCN1C(=O)C(SCC)=C(c2ccc(OC)cc2)C1=O. The van der Waals surface area contributed by atoms with E-state index in [0.29, 0.717) is 17.0 Å². The molecule has 1 aromatic carbocycles. The van der Waals surface area contributed by atoms with E-state index in [1.165, 1.54) is 16.7 Å². The highest BCUT2D eigenvalue weighted by Crippen LogP contribution is 2.36. The van der Waals surface area contributed by atoms with Gasteiger partial charge in [0, 0.05) is 6.54 Å². The first-order valence-electron chi connectivity index (χ1n) is 8.51. The number of carbonyl (C=O) groups excluding carboxylic acids is 2. The molecule has 0 N–H and O–H groups in total. The third-order valence-corrected chi connectivity index (χ3v) is 4.98. The Labute approximate surface area is 148 Å². The molecule has 24 heavy (non-hydrogen) atoms. The summed E-state index contributed by atoms with van der Waals surface area (Å²) in [6.07, 6.45) is 4.17. The van der Waals surface area contributed by atoms with E-state index < -0.39 is 0 Å². The van der Waals surface area contributed by atoms with E-state index in [-0.39, 0.29) is 11.8 Å². The summed E-state index contributed by atoms with van der Waals surface area (Å²) in [5.74, 6) is 1.18. The van der Waals surface area contributed by atoms with Gasteiger partial charge in [-0.2, -0.15) is 0 Å². The summed E-state index contributed by atoms with van der Waals surface area (Å²) in [6, 6.07) is 7.32. The smallest absolute Gasteiger partial charge is 0.267 e. The fourth-order valence-corrected chi connectivity index (χ4v) is 3.62. The van der Waals surface area contributed by atoms with E-state index in [9.17, 15) is 9.59 Å². The Morgan fingerprint density at radius 2 is 1.71 bits per heavy atom. The standard InChI is InChI=1S/C19H25NO3S/c1-4-6-7-8-13-20-18(21)16(17(19(20)22)24-5-2)14-9-11-15(23-3)12-10-14/h9-12H,4-8,13H2,1-3H3. The van der Waals surface area contributed by atoms with Gasteiger partial charge >= 0.3 is 0 Å². The molecule has 0 atom stereocenters. The van der Waals surface area contributed by atoms with Gasteiger partial charge in [-0.1, -0.05) is 45.2 Å². The van der Waals surface area contributed by atoms with E-state index in [1.54, 1.807) is 7.11 Å². The second kappa shape index (κ2) is 8.92. The number of ether oxygens (including phenoxy) is 1. The lowest BCUT2D eigenvalue weighted by Crippen LogP contribution is -2.32. The fraction of sp³-hybridized carbons (Fsp3) is 0.474. The second-order valence-corrected chi connectivity index (χ2v) is 6.96. The molecule has 0 radical (unpaired) electrons. The number of amides is 2. The number of rotatable bonds is 9. The van der Waals surface area contributed by atoms with Gasteiger partial charge in [0.05, 0.1) is 17.6 Å². The molecule has 0 saturated carbocycles. The molecule has 1 aliphatic rings. The van der Waals surface area contributed by atoms with Crippen molar-refractivity contribution in [2.45, 2.75) is 39.5 Å². The Hall–Kier alpha value is -1.75. The Kier molecular flexibility index (Phi) is 6.91. The van der Waals surface area contributed by atoms with Crippen LogP contribution in [0.15, 0.2) is 29.2 Å². The fourth-order valence-electron chi connectivity index (χ4n) is 2.74. The van der Waals surface area contributed by atoms with Crippen LogP contribution in [0.3, 0.4) is 0 Å². The van der Waals surface area contributed by atoms with Crippen molar-refractivity contribution in [3.8, 4) is 5.75 Å². The van der Waals surface area contributed by atoms with Gasteiger partial charge in [0.1, 0.15) is 5.75 Å². The molecule has 0 spiro atoms. The van der Waals surface area contributed by atoms with Crippen molar-refractivity contribution in [3.63, 3.8) is 0 Å². The third-order valence-electron chi connectivity index (χ3n) is 4.03. The molecule has 2 amide bonds. The van der Waals surface area contributed by atoms with Crippen molar-refractivity contribution >= 4 is 29.1 Å². The van der Waals surface area contributed by atoms with E-state index in [0.717, 1.165) is 42.7 Å². The van der Waals surface area contributed by atoms with Crippen LogP contribution in [-0.2, 0) is 9.59 Å². The zero-order valence-corrected chi connectivity index (χ0v) is 15.4. The molecule has 0 unspecified atom stereocenters. The molecule has 0 aromatic heterocycles. The Balaban J connectivity index is 2.24. The molecule has 0 saturated heterocycles. The van der Waals surface area contributed by atoms with E-state index >= 15 is 0 Å². The Bertz CT molecular complexity index is 622. The summed E-state index contributed by atoms with van der Waals surface area (Å²) in [6.45, 7) is 4.64. The number of imide groups is 1. The number of nitrogens with zero attached hydrogens (tertiary/aromatic N) is 1. The minimum atomic E-state index is -0.169. The van der Waals surface area contributed by atoms with Gasteiger partial charge in [0.2, 0.25) is 0 Å². The molecule has 1 heterocycles. The lowest BCUT2D eigenvalue weighted by atomic mass is 10.1. The molecular formula is C19H25NO3S. The van der Waals surface area contributed by atoms with Crippen molar-refractivity contribution in [2.24, 2.45) is 0 Å². The Morgan fingerprint density at radius 1 is 1.00 bits per heavy atom. The average Bonchev–Trinajstić information content (AvgIpc) is 2.83. The first-order chi connectivity index (χ1) is 11.6. The highest BCUT2D eigenvalue weighted by molar-refractivity contribution is 8.04. The van der Waals surface area contributed by atoms with Gasteiger partial charge in [0.25, 0.3) is 11.8 Å². The number of unbranched alkanes of at least 4 members (excludes halogenated alkanes) is 3. The molecule has 5 heteroatoms. The van der Waals surface area contributed by atoms with Crippen LogP contribution in [0, 0.1) is 0 Å². The molecule has 1 aromatic rings. The van der Waals surface area contributed by atoms with Crippen molar-refractivity contribution < 1.29 is 14.3 Å². The summed E-state index contributed by atoms with van der Waals surface area (Å²) >= 11 is 1.45. The summed E-state index contributed by atoms with van der Waals surface area (Å²) in [5, 5.41) is 0. The summed E-state index contributed by atoms with van der Waals surface area (Å²) in [7, 11) is 1.61. The minimum absolute atomic E-state index is 0.144. The van der Waals surface area contributed by atoms with Crippen LogP contribution < -0.4 is 4.74 Å². The summed E-state index contributed by atoms with van der Waals surface area (Å²) < 4.78 is 5.17. The maximum atomic E-state index is 12.8. The van der Waals surface area contributed by atoms with Crippen LogP contribution in [-0.4, -0.2) is 36.1 Å². The van der Waals surface area contributed by atoms with Crippen molar-refractivity contribution in [2.75, 3.05) is 19.4 Å². The molecule has 0 fully saturated rings. The van der Waals surface area contributed by atoms with E-state index in [2.05, 4.69) is 6.92 Å². The van der Waals surface area contributed by atoms with Crippen LogP contribution in [0.1, 0.15) is 45.1 Å². The first kappa shape index (κ1) is 18.6. The van der Waals surface area contributed by atoms with E-state index in [1.807, 2.05) is 31.2 Å². The van der Waals surface area contributed by atoms with Gasteiger partial charge in [-0.3, -0.25) is 14.5 Å². The van der Waals surface area contributed by atoms with Crippen molar-refractivity contribution in [1.82, 2.24) is 4.90 Å². The molecule has 2 rings (SSSR count). The Morgan fingerprint density at radius 3 is 2.29 bits per heavy atom. The van der Waals surface area contributed by atoms with Crippen LogP contribution in [0.5, 0.6) is 5.75 Å². The quantitative estimate of drug-likeness (QED) is 0.498. The number of thioether (sulfide) groups is 1. The molecule has 0 aliphatic carbocycles. The van der Waals surface area contributed by atoms with E-state index in [4.69, 9.17) is 4.74 Å². The zero-order valence-electron chi connectivity index (χ0n) is 14.6. The average molecular weight is 347 g/mol. The molecule has 130 valence electrons. The van der Waals surface area contributed by atoms with Gasteiger partial charge in [0.15, 0.2) is 0 Å². The van der Waals surface area contributed by atoms with Crippen LogP contribution in [0.2, 0.25) is 0 Å². The number of benzene rings is 1. The lowest BCUT2D eigenvalue weighted by molar-refractivity contribution is -0.136. The van der Waals surface area contributed by atoms with Gasteiger partial charge in [-0.25, -0.2) is 0 Å². The highest BCUT2D eigenvalue weighted by atomic mass is 32.2. The van der Waals surface area contributed by atoms with Crippen LogP contribution >= 0.6 is 11.8 Å². The van der Waals surface area contributed by atoms with Crippen LogP contribution in [0.4, 0.5) is 0 Å². The lowest BCUT2D eigenvalue weighted by Gasteiger charge is -2.14. The summed E-state index contributed by atoms with van der Waals surface area (Å²) in [5.41, 5.74) is 1.31. The van der Waals surface area contributed by atoms with Gasteiger partial charge in [-0.15, -0.1) is 11.8 Å². The number of hydrogen-bond donors (Lipinski definition) is 0. The molecule has 1 aliphatic heterocycles. The summed E-state index contributed by atoms with van der Waals surface area (Å²) in [4.78, 5) is 27.5. The maximum Gasteiger partial charge on any atom is 0.267 e. The predicted molar refractivity (Wildman–Crippen MR) is 98.9 cm³/mol. The number of hydrogen-bond acceptors (Lipinski definition) is 4. The molecule has 4 nitrogen and oxygen atoms in total. The maximum absolute atomic E-state index is 12.8. The first-order valence-corrected chi connectivity index (χ1v) is 9.50. The predicted octanol–water partition coefficient (Wildman–Crippen LogP) is 4.11. The minimum Gasteiger partial charge on any atom is -0.497 e. The monoisotopic (exact) mass is 347 g/mol. The molecular weight excluding hydrogens is 322 g/mol. The normalized spacial score (nSPS) is 14.7. The van der Waals surface area contributed by atoms with Crippen molar-refractivity contribution in [1.29, 1.82) is 0 Å². The number of methoxy groups -OCH3 is 1. The molecule has 0 bridgehead atoms.